The van der Waals surface area contributed by atoms with E-state index in [2.05, 4.69) is 4.74 Å². The average Bonchev–Trinajstić information content (AvgIpc) is 2.37. The number of fused-ring (bicyclic) bond motifs is 1. The number of carbonyl (C=O) groups excluding carboxylic acids is 2. The van der Waals surface area contributed by atoms with Crippen LogP contribution in [0.1, 0.15) is 10.4 Å². The van der Waals surface area contributed by atoms with Crippen molar-refractivity contribution >= 4 is 22.6 Å². The molecule has 0 saturated heterocycles. The maximum Gasteiger partial charge on any atom is 0.342 e. The molecule has 0 spiro atoms. The Balaban J connectivity index is 2.37. The SMILES string of the molecule is NC(=O)COC(=O)c1ccc2ccccc2c1O. The first-order valence-corrected chi connectivity index (χ1v) is 5.25. The van der Waals surface area contributed by atoms with E-state index in [-0.39, 0.29) is 11.3 Å². The van der Waals surface area contributed by atoms with Crippen molar-refractivity contribution in [2.75, 3.05) is 6.61 Å². The molecule has 0 saturated carbocycles. The van der Waals surface area contributed by atoms with E-state index in [4.69, 9.17) is 5.73 Å². The molecule has 0 aliphatic rings. The Bertz CT molecular complexity index is 621. The molecular formula is C13H11NO4. The molecule has 2 rings (SSSR count). The van der Waals surface area contributed by atoms with E-state index in [0.29, 0.717) is 5.39 Å². The fraction of sp³-hybridized carbons (Fsp3) is 0.0769. The van der Waals surface area contributed by atoms with Gasteiger partial charge in [0.05, 0.1) is 0 Å². The number of rotatable bonds is 3. The van der Waals surface area contributed by atoms with Crippen molar-refractivity contribution in [2.45, 2.75) is 0 Å². The standard InChI is InChI=1S/C13H11NO4/c14-11(15)7-18-13(17)10-6-5-8-3-1-2-4-9(8)12(10)16/h1-6,16H,7H2,(H2,14,15). The average molecular weight is 245 g/mol. The summed E-state index contributed by atoms with van der Waals surface area (Å²) >= 11 is 0. The van der Waals surface area contributed by atoms with Gasteiger partial charge in [0, 0.05) is 5.39 Å². The van der Waals surface area contributed by atoms with Gasteiger partial charge in [-0.3, -0.25) is 4.79 Å². The van der Waals surface area contributed by atoms with Gasteiger partial charge in [-0.25, -0.2) is 4.79 Å². The molecule has 0 atom stereocenters. The Hall–Kier alpha value is -2.56. The maximum absolute atomic E-state index is 11.6. The normalized spacial score (nSPS) is 10.2. The van der Waals surface area contributed by atoms with Gasteiger partial charge in [-0.15, -0.1) is 0 Å². The second-order valence-corrected chi connectivity index (χ2v) is 3.73. The van der Waals surface area contributed by atoms with Gasteiger partial charge >= 0.3 is 5.97 Å². The van der Waals surface area contributed by atoms with E-state index < -0.39 is 18.5 Å². The van der Waals surface area contributed by atoms with Crippen molar-refractivity contribution < 1.29 is 19.4 Å². The first-order valence-electron chi connectivity index (χ1n) is 5.25. The Labute approximate surface area is 103 Å². The predicted molar refractivity (Wildman–Crippen MR) is 65.1 cm³/mol. The summed E-state index contributed by atoms with van der Waals surface area (Å²) in [6.07, 6.45) is 0. The molecule has 0 aromatic heterocycles. The summed E-state index contributed by atoms with van der Waals surface area (Å²) < 4.78 is 4.65. The van der Waals surface area contributed by atoms with E-state index >= 15 is 0 Å². The van der Waals surface area contributed by atoms with Crippen LogP contribution in [0.2, 0.25) is 0 Å². The third-order valence-electron chi connectivity index (χ3n) is 2.47. The van der Waals surface area contributed by atoms with Crippen molar-refractivity contribution in [3.63, 3.8) is 0 Å². The van der Waals surface area contributed by atoms with E-state index in [1.54, 1.807) is 18.2 Å². The number of nitrogens with two attached hydrogens (primary N) is 1. The second kappa shape index (κ2) is 4.75. The molecule has 0 heterocycles. The second-order valence-electron chi connectivity index (χ2n) is 3.73. The zero-order chi connectivity index (χ0) is 13.1. The smallest absolute Gasteiger partial charge is 0.342 e. The number of hydrogen-bond acceptors (Lipinski definition) is 4. The molecule has 0 bridgehead atoms. The lowest BCUT2D eigenvalue weighted by atomic mass is 10.1. The number of phenolic OH excluding ortho intramolecular Hbond substituents is 1. The highest BCUT2D eigenvalue weighted by atomic mass is 16.5. The van der Waals surface area contributed by atoms with E-state index in [1.165, 1.54) is 6.07 Å². The highest BCUT2D eigenvalue weighted by molar-refractivity contribution is 6.01. The van der Waals surface area contributed by atoms with Gasteiger partial charge in [0.1, 0.15) is 11.3 Å². The Morgan fingerprint density at radius 2 is 1.89 bits per heavy atom. The molecule has 0 fully saturated rings. The number of ether oxygens (including phenoxy) is 1. The summed E-state index contributed by atoms with van der Waals surface area (Å²) in [6.45, 7) is -0.509. The van der Waals surface area contributed by atoms with E-state index in [0.717, 1.165) is 5.39 Å². The number of carbonyl (C=O) groups is 2. The third kappa shape index (κ3) is 2.24. The zero-order valence-electron chi connectivity index (χ0n) is 9.42. The van der Waals surface area contributed by atoms with Crippen LogP contribution >= 0.6 is 0 Å². The van der Waals surface area contributed by atoms with Gasteiger partial charge in [0.15, 0.2) is 6.61 Å². The Kier molecular flexibility index (Phi) is 3.14. The van der Waals surface area contributed by atoms with Gasteiger partial charge in [-0.05, 0) is 11.5 Å². The number of aromatic hydroxyl groups is 1. The molecular weight excluding hydrogens is 234 g/mol. The number of phenols is 1. The van der Waals surface area contributed by atoms with E-state index in [1.807, 2.05) is 12.1 Å². The highest BCUT2D eigenvalue weighted by Gasteiger charge is 2.15. The van der Waals surface area contributed by atoms with Crippen LogP contribution in [0.25, 0.3) is 10.8 Å². The van der Waals surface area contributed by atoms with Gasteiger partial charge in [-0.1, -0.05) is 30.3 Å². The zero-order valence-corrected chi connectivity index (χ0v) is 9.42. The quantitative estimate of drug-likeness (QED) is 0.795. The summed E-state index contributed by atoms with van der Waals surface area (Å²) in [5.41, 5.74) is 4.88. The fourth-order valence-corrected chi connectivity index (χ4v) is 1.63. The molecule has 0 aliphatic carbocycles. The van der Waals surface area contributed by atoms with Gasteiger partial charge in [0.2, 0.25) is 0 Å². The van der Waals surface area contributed by atoms with Crippen LogP contribution in [-0.2, 0) is 9.53 Å². The number of esters is 1. The first kappa shape index (κ1) is 11.9. The summed E-state index contributed by atoms with van der Waals surface area (Å²) in [7, 11) is 0. The number of hydrogen-bond donors (Lipinski definition) is 2. The third-order valence-corrected chi connectivity index (χ3v) is 2.47. The molecule has 1 amide bonds. The molecule has 92 valence electrons. The van der Waals surface area contributed by atoms with Gasteiger partial charge in [0.25, 0.3) is 5.91 Å². The summed E-state index contributed by atoms with van der Waals surface area (Å²) in [5, 5.41) is 11.3. The van der Waals surface area contributed by atoms with Crippen molar-refractivity contribution in [1.82, 2.24) is 0 Å². The molecule has 5 heteroatoms. The molecule has 0 radical (unpaired) electrons. The Morgan fingerprint density at radius 3 is 2.61 bits per heavy atom. The van der Waals surface area contributed by atoms with Crippen molar-refractivity contribution in [3.05, 3.63) is 42.0 Å². The lowest BCUT2D eigenvalue weighted by Gasteiger charge is -2.07. The van der Waals surface area contributed by atoms with Crippen LogP contribution in [-0.4, -0.2) is 23.6 Å². The van der Waals surface area contributed by atoms with Crippen LogP contribution in [0.5, 0.6) is 5.75 Å². The lowest BCUT2D eigenvalue weighted by Crippen LogP contribution is -2.20. The monoisotopic (exact) mass is 245 g/mol. The van der Waals surface area contributed by atoms with Crippen molar-refractivity contribution in [3.8, 4) is 5.75 Å². The summed E-state index contributed by atoms with van der Waals surface area (Å²) in [6, 6.07) is 10.2. The topological polar surface area (TPSA) is 89.6 Å². The molecule has 2 aromatic rings. The minimum atomic E-state index is -0.781. The van der Waals surface area contributed by atoms with Crippen molar-refractivity contribution in [1.29, 1.82) is 0 Å². The lowest BCUT2D eigenvalue weighted by molar-refractivity contribution is -0.121. The number of benzene rings is 2. The molecule has 18 heavy (non-hydrogen) atoms. The van der Waals surface area contributed by atoms with Crippen LogP contribution in [0.4, 0.5) is 0 Å². The van der Waals surface area contributed by atoms with Gasteiger partial charge < -0.3 is 15.6 Å². The minimum Gasteiger partial charge on any atom is -0.506 e. The number of primary amides is 1. The molecule has 3 N–H and O–H groups in total. The molecule has 2 aromatic carbocycles. The maximum atomic E-state index is 11.6. The minimum absolute atomic E-state index is 0.00921. The fourth-order valence-electron chi connectivity index (χ4n) is 1.63. The first-order chi connectivity index (χ1) is 8.59. The van der Waals surface area contributed by atoms with Crippen molar-refractivity contribution in [2.24, 2.45) is 5.73 Å². The van der Waals surface area contributed by atoms with Crippen LogP contribution in [0.15, 0.2) is 36.4 Å². The largest absolute Gasteiger partial charge is 0.506 e. The van der Waals surface area contributed by atoms with Gasteiger partial charge in [-0.2, -0.15) is 0 Å². The van der Waals surface area contributed by atoms with Crippen LogP contribution < -0.4 is 5.73 Å². The Morgan fingerprint density at radius 1 is 1.17 bits per heavy atom. The molecule has 5 nitrogen and oxygen atoms in total. The summed E-state index contributed by atoms with van der Waals surface area (Å²) in [4.78, 5) is 22.1. The van der Waals surface area contributed by atoms with Crippen LogP contribution in [0.3, 0.4) is 0 Å². The molecule has 0 unspecified atom stereocenters. The summed E-state index contributed by atoms with van der Waals surface area (Å²) in [5.74, 6) is -1.69. The predicted octanol–water partition coefficient (Wildman–Crippen LogP) is 1.19. The molecule has 0 aliphatic heterocycles. The van der Waals surface area contributed by atoms with Crippen LogP contribution in [0, 0.1) is 0 Å². The number of amides is 1. The van der Waals surface area contributed by atoms with E-state index in [9.17, 15) is 14.7 Å². The highest BCUT2D eigenvalue weighted by Crippen LogP contribution is 2.28.